The number of amides is 1. The van der Waals surface area contributed by atoms with Gasteiger partial charge in [0.1, 0.15) is 5.75 Å². The van der Waals surface area contributed by atoms with Crippen LogP contribution in [0.2, 0.25) is 0 Å². The van der Waals surface area contributed by atoms with Crippen molar-refractivity contribution < 1.29 is 31.1 Å². The molecule has 1 fully saturated rings. The highest BCUT2D eigenvalue weighted by molar-refractivity contribution is 7.89. The smallest absolute Gasteiger partial charge is 0.416 e. The van der Waals surface area contributed by atoms with Gasteiger partial charge < -0.3 is 10.1 Å². The predicted octanol–water partition coefficient (Wildman–Crippen LogP) is 4.21. The van der Waals surface area contributed by atoms with Crippen LogP contribution >= 0.6 is 0 Å². The summed E-state index contributed by atoms with van der Waals surface area (Å²) in [7, 11) is -2.43. The Bertz CT molecular complexity index is 1060. The summed E-state index contributed by atoms with van der Waals surface area (Å²) >= 11 is 0. The summed E-state index contributed by atoms with van der Waals surface area (Å²) < 4.78 is 71.5. The van der Waals surface area contributed by atoms with E-state index in [-0.39, 0.29) is 28.3 Å². The number of nitrogens with zero attached hydrogens (tertiary/aromatic N) is 1. The van der Waals surface area contributed by atoms with Crippen molar-refractivity contribution in [2.45, 2.75) is 43.3 Å². The molecular weight excluding hydrogens is 445 g/mol. The van der Waals surface area contributed by atoms with Crippen molar-refractivity contribution in [2.24, 2.45) is 0 Å². The molecule has 10 heteroatoms. The number of hydrogen-bond donors (Lipinski definition) is 1. The summed E-state index contributed by atoms with van der Waals surface area (Å²) in [4.78, 5) is 12.7. The fourth-order valence-electron chi connectivity index (χ4n) is 3.59. The number of halogens is 3. The van der Waals surface area contributed by atoms with Gasteiger partial charge in [-0.3, -0.25) is 4.79 Å². The lowest BCUT2D eigenvalue weighted by Gasteiger charge is -2.20. The maximum atomic E-state index is 13.1. The van der Waals surface area contributed by atoms with Crippen LogP contribution in [0.4, 0.5) is 13.2 Å². The van der Waals surface area contributed by atoms with Gasteiger partial charge in [-0.1, -0.05) is 25.0 Å². The number of sulfonamides is 1. The Morgan fingerprint density at radius 3 is 2.38 bits per heavy atom. The van der Waals surface area contributed by atoms with Gasteiger partial charge in [-0.25, -0.2) is 8.42 Å². The first-order valence-corrected chi connectivity index (χ1v) is 11.7. The third-order valence-electron chi connectivity index (χ3n) is 5.33. The fraction of sp³-hybridized carbons (Fsp3) is 0.409. The fourth-order valence-corrected chi connectivity index (χ4v) is 5.14. The quantitative estimate of drug-likeness (QED) is 0.686. The molecule has 32 heavy (non-hydrogen) atoms. The molecule has 0 aromatic heterocycles. The van der Waals surface area contributed by atoms with Crippen LogP contribution < -0.4 is 10.1 Å². The van der Waals surface area contributed by atoms with Gasteiger partial charge in [0.2, 0.25) is 10.0 Å². The minimum Gasteiger partial charge on any atom is -0.496 e. The lowest BCUT2D eigenvalue weighted by molar-refractivity contribution is -0.137. The molecular formula is C22H25F3N2O4S. The van der Waals surface area contributed by atoms with Crippen molar-refractivity contribution in [2.75, 3.05) is 20.2 Å². The molecule has 1 saturated heterocycles. The highest BCUT2D eigenvalue weighted by Gasteiger charge is 2.30. The zero-order valence-corrected chi connectivity index (χ0v) is 18.4. The summed E-state index contributed by atoms with van der Waals surface area (Å²) in [5.74, 6) is -0.478. The second kappa shape index (κ2) is 9.91. The normalized spacial score (nSPS) is 15.8. The molecule has 0 saturated carbocycles. The van der Waals surface area contributed by atoms with E-state index in [4.69, 9.17) is 4.74 Å². The topological polar surface area (TPSA) is 75.7 Å². The first-order valence-electron chi connectivity index (χ1n) is 10.3. The lowest BCUT2D eigenvalue weighted by Crippen LogP contribution is -2.32. The number of nitrogens with one attached hydrogen (secondary N) is 1. The van der Waals surface area contributed by atoms with Gasteiger partial charge in [0.15, 0.2) is 0 Å². The minimum absolute atomic E-state index is 0.00428. The van der Waals surface area contributed by atoms with E-state index in [2.05, 4.69) is 5.32 Å². The van der Waals surface area contributed by atoms with Crippen LogP contribution in [0.1, 0.15) is 47.2 Å². The SMILES string of the molecule is COc1ccc(S(=O)(=O)N2CCCCCC2)cc1C(=O)NCc1cccc(C(F)(F)F)c1. The number of carbonyl (C=O) groups excluding carboxylic acids is 1. The number of benzene rings is 2. The first-order chi connectivity index (χ1) is 15.1. The van der Waals surface area contributed by atoms with Crippen LogP contribution in [-0.2, 0) is 22.7 Å². The van der Waals surface area contributed by atoms with Gasteiger partial charge in [0, 0.05) is 19.6 Å². The highest BCUT2D eigenvalue weighted by Crippen LogP contribution is 2.30. The van der Waals surface area contributed by atoms with Crippen LogP contribution in [0, 0.1) is 0 Å². The number of hydrogen-bond acceptors (Lipinski definition) is 4. The zero-order valence-electron chi connectivity index (χ0n) is 17.6. The number of ether oxygens (including phenoxy) is 1. The van der Waals surface area contributed by atoms with E-state index in [1.54, 1.807) is 0 Å². The molecule has 174 valence electrons. The predicted molar refractivity (Wildman–Crippen MR) is 113 cm³/mol. The Morgan fingerprint density at radius 1 is 1.06 bits per heavy atom. The second-order valence-corrected chi connectivity index (χ2v) is 9.50. The molecule has 2 aromatic carbocycles. The molecule has 3 rings (SSSR count). The van der Waals surface area contributed by atoms with E-state index in [0.29, 0.717) is 13.1 Å². The van der Waals surface area contributed by atoms with Crippen molar-refractivity contribution in [3.63, 3.8) is 0 Å². The molecule has 1 aliphatic rings. The van der Waals surface area contributed by atoms with E-state index in [1.807, 2.05) is 0 Å². The average Bonchev–Trinajstić information content (AvgIpc) is 3.07. The van der Waals surface area contributed by atoms with Crippen molar-refractivity contribution in [3.8, 4) is 5.75 Å². The van der Waals surface area contributed by atoms with Crippen molar-refractivity contribution in [1.82, 2.24) is 9.62 Å². The second-order valence-electron chi connectivity index (χ2n) is 7.56. The molecule has 1 amide bonds. The van der Waals surface area contributed by atoms with Crippen molar-refractivity contribution in [1.29, 1.82) is 0 Å². The maximum absolute atomic E-state index is 13.1. The largest absolute Gasteiger partial charge is 0.496 e. The van der Waals surface area contributed by atoms with Crippen LogP contribution in [0.3, 0.4) is 0 Å². The molecule has 0 aliphatic carbocycles. The molecule has 1 heterocycles. The van der Waals surface area contributed by atoms with E-state index < -0.39 is 27.7 Å². The van der Waals surface area contributed by atoms with Gasteiger partial charge >= 0.3 is 6.18 Å². The summed E-state index contributed by atoms with van der Waals surface area (Å²) in [6.07, 6.45) is -0.992. The number of alkyl halides is 3. The van der Waals surface area contributed by atoms with Gasteiger partial charge in [0.25, 0.3) is 5.91 Å². The molecule has 2 aromatic rings. The van der Waals surface area contributed by atoms with Crippen LogP contribution in [0.25, 0.3) is 0 Å². The van der Waals surface area contributed by atoms with E-state index in [0.717, 1.165) is 37.8 Å². The molecule has 0 radical (unpaired) electrons. The Balaban J connectivity index is 1.81. The highest BCUT2D eigenvalue weighted by atomic mass is 32.2. The minimum atomic E-state index is -4.49. The van der Waals surface area contributed by atoms with Crippen LogP contribution in [-0.4, -0.2) is 38.8 Å². The summed E-state index contributed by atoms with van der Waals surface area (Å²) in [6.45, 7) is 0.686. The lowest BCUT2D eigenvalue weighted by atomic mass is 10.1. The van der Waals surface area contributed by atoms with Gasteiger partial charge in [-0.2, -0.15) is 17.5 Å². The monoisotopic (exact) mass is 470 g/mol. The Kier molecular flexibility index (Phi) is 7.45. The molecule has 0 bridgehead atoms. The third-order valence-corrected chi connectivity index (χ3v) is 7.22. The summed E-state index contributed by atoms with van der Waals surface area (Å²) in [6, 6.07) is 8.68. The van der Waals surface area contributed by atoms with Crippen LogP contribution in [0.15, 0.2) is 47.4 Å². The molecule has 0 atom stereocenters. The van der Waals surface area contributed by atoms with E-state index in [9.17, 15) is 26.4 Å². The molecule has 6 nitrogen and oxygen atoms in total. The molecule has 0 spiro atoms. The Hall–Kier alpha value is -2.59. The number of carbonyl (C=O) groups is 1. The van der Waals surface area contributed by atoms with Crippen LogP contribution in [0.5, 0.6) is 5.75 Å². The summed E-state index contributed by atoms with van der Waals surface area (Å²) in [5.41, 5.74) is -0.553. The third kappa shape index (κ3) is 5.60. The van der Waals surface area contributed by atoms with Gasteiger partial charge in [-0.05, 0) is 48.7 Å². The Morgan fingerprint density at radius 2 is 1.75 bits per heavy atom. The average molecular weight is 471 g/mol. The van der Waals surface area contributed by atoms with Crippen molar-refractivity contribution in [3.05, 3.63) is 59.2 Å². The summed E-state index contributed by atoms with van der Waals surface area (Å²) in [5, 5.41) is 2.54. The van der Waals surface area contributed by atoms with Crippen molar-refractivity contribution >= 4 is 15.9 Å². The molecule has 1 N–H and O–H groups in total. The molecule has 0 unspecified atom stereocenters. The zero-order chi connectivity index (χ0) is 23.4. The number of methoxy groups -OCH3 is 1. The van der Waals surface area contributed by atoms with E-state index >= 15 is 0 Å². The first kappa shape index (κ1) is 24.1. The van der Waals surface area contributed by atoms with Gasteiger partial charge in [-0.15, -0.1) is 0 Å². The number of rotatable bonds is 6. The van der Waals surface area contributed by atoms with Gasteiger partial charge in [0.05, 0.1) is 23.1 Å². The van der Waals surface area contributed by atoms with E-state index in [1.165, 1.54) is 41.7 Å². The standard InChI is InChI=1S/C22H25F3N2O4S/c1-31-20-10-9-18(32(29,30)27-11-4-2-3-5-12-27)14-19(20)21(28)26-15-16-7-6-8-17(13-16)22(23,24)25/h6-10,13-14H,2-5,11-12,15H2,1H3,(H,26,28). The molecule has 1 aliphatic heterocycles. The Labute approximate surface area is 185 Å². The maximum Gasteiger partial charge on any atom is 0.416 e.